The summed E-state index contributed by atoms with van der Waals surface area (Å²) in [5, 5.41) is 2.42. The maximum atomic E-state index is 11.9. The Morgan fingerprint density at radius 1 is 1.47 bits per heavy atom. The van der Waals surface area contributed by atoms with Crippen LogP contribution in [0, 0.1) is 0 Å². The molecule has 1 aliphatic heterocycles. The first-order valence-corrected chi connectivity index (χ1v) is 5.98. The fourth-order valence-corrected chi connectivity index (χ4v) is 1.87. The number of hydrogen-bond donors (Lipinski definition) is 1. The van der Waals surface area contributed by atoms with Crippen molar-refractivity contribution >= 4 is 0 Å². The molecule has 0 saturated carbocycles. The molecule has 6 heteroatoms. The molecule has 0 bridgehead atoms. The minimum Gasteiger partial charge on any atom is -0.377 e. The van der Waals surface area contributed by atoms with Crippen molar-refractivity contribution in [3.05, 3.63) is 0 Å². The molecule has 0 spiro atoms. The maximum absolute atomic E-state index is 11.9. The van der Waals surface area contributed by atoms with Gasteiger partial charge in [0.1, 0.15) is 0 Å². The molecule has 0 aromatic heterocycles. The minimum atomic E-state index is -4.13. The second kappa shape index (κ2) is 6.56. The normalized spacial score (nSPS) is 23.3. The zero-order chi connectivity index (χ0) is 12.9. The van der Waals surface area contributed by atoms with E-state index >= 15 is 0 Å². The lowest BCUT2D eigenvalue weighted by atomic mass is 10.2. The van der Waals surface area contributed by atoms with Gasteiger partial charge in [-0.1, -0.05) is 0 Å². The van der Waals surface area contributed by atoms with E-state index in [9.17, 15) is 13.2 Å². The van der Waals surface area contributed by atoms with Crippen LogP contribution in [0.3, 0.4) is 0 Å². The van der Waals surface area contributed by atoms with Gasteiger partial charge < -0.3 is 10.1 Å². The van der Waals surface area contributed by atoms with Crippen LogP contribution in [-0.4, -0.2) is 56.5 Å². The Balaban J connectivity index is 2.15. The maximum Gasteiger partial charge on any atom is 0.401 e. The molecular weight excluding hydrogens is 233 g/mol. The summed E-state index contributed by atoms with van der Waals surface area (Å²) in [7, 11) is 1.92. The summed E-state index contributed by atoms with van der Waals surface area (Å²) in [5.41, 5.74) is 0. The van der Waals surface area contributed by atoms with E-state index in [0.717, 1.165) is 26.0 Å². The summed E-state index contributed by atoms with van der Waals surface area (Å²) < 4.78 is 41.3. The van der Waals surface area contributed by atoms with E-state index in [1.807, 2.05) is 18.9 Å². The SMILES string of the molecule is CC(CNCC(F)(F)F)N(C)CC1CCCO1. The zero-order valence-electron chi connectivity index (χ0n) is 10.4. The largest absolute Gasteiger partial charge is 0.401 e. The lowest BCUT2D eigenvalue weighted by Gasteiger charge is -2.27. The number of nitrogens with zero attached hydrogens (tertiary/aromatic N) is 1. The van der Waals surface area contributed by atoms with Gasteiger partial charge in [0.15, 0.2) is 0 Å². The highest BCUT2D eigenvalue weighted by molar-refractivity contribution is 4.73. The van der Waals surface area contributed by atoms with Crippen molar-refractivity contribution in [2.45, 2.75) is 38.1 Å². The molecule has 1 rings (SSSR count). The van der Waals surface area contributed by atoms with Crippen molar-refractivity contribution in [1.82, 2.24) is 10.2 Å². The Labute approximate surface area is 100 Å². The topological polar surface area (TPSA) is 24.5 Å². The molecule has 1 fully saturated rings. The lowest BCUT2D eigenvalue weighted by Crippen LogP contribution is -2.43. The van der Waals surface area contributed by atoms with Crippen LogP contribution >= 0.6 is 0 Å². The first-order chi connectivity index (χ1) is 7.88. The molecule has 1 saturated heterocycles. The average molecular weight is 254 g/mol. The van der Waals surface area contributed by atoms with Crippen LogP contribution in [0.5, 0.6) is 0 Å². The second-order valence-corrected chi connectivity index (χ2v) is 4.67. The molecule has 2 unspecified atom stereocenters. The summed E-state index contributed by atoms with van der Waals surface area (Å²) in [4.78, 5) is 2.04. The van der Waals surface area contributed by atoms with Crippen molar-refractivity contribution in [3.63, 3.8) is 0 Å². The van der Waals surface area contributed by atoms with E-state index in [2.05, 4.69) is 5.32 Å². The monoisotopic (exact) mass is 254 g/mol. The van der Waals surface area contributed by atoms with Gasteiger partial charge in [0.2, 0.25) is 0 Å². The summed E-state index contributed by atoms with van der Waals surface area (Å²) >= 11 is 0. The standard InChI is InChI=1S/C11H21F3N2O/c1-9(6-15-8-11(12,13)14)16(2)7-10-4-3-5-17-10/h9-10,15H,3-8H2,1-2H3. The number of nitrogens with one attached hydrogen (secondary N) is 1. The van der Waals surface area contributed by atoms with Crippen LogP contribution in [0.15, 0.2) is 0 Å². The first-order valence-electron chi connectivity index (χ1n) is 5.98. The fraction of sp³-hybridized carbons (Fsp3) is 1.00. The predicted molar refractivity (Wildman–Crippen MR) is 60.0 cm³/mol. The van der Waals surface area contributed by atoms with Crippen molar-refractivity contribution in [3.8, 4) is 0 Å². The van der Waals surface area contributed by atoms with Crippen molar-refractivity contribution < 1.29 is 17.9 Å². The summed E-state index contributed by atoms with van der Waals surface area (Å²) in [6.07, 6.45) is -1.76. The van der Waals surface area contributed by atoms with Crippen molar-refractivity contribution in [2.75, 3.05) is 33.3 Å². The summed E-state index contributed by atoms with van der Waals surface area (Å²) in [6.45, 7) is 2.92. The Morgan fingerprint density at radius 2 is 2.18 bits per heavy atom. The lowest BCUT2D eigenvalue weighted by molar-refractivity contribution is -0.125. The number of halogens is 3. The summed E-state index contributed by atoms with van der Waals surface area (Å²) in [6, 6.07) is 0.0709. The summed E-state index contributed by atoms with van der Waals surface area (Å²) in [5.74, 6) is 0. The smallest absolute Gasteiger partial charge is 0.377 e. The van der Waals surface area contributed by atoms with E-state index in [4.69, 9.17) is 4.74 Å². The van der Waals surface area contributed by atoms with E-state index in [-0.39, 0.29) is 12.1 Å². The number of ether oxygens (including phenoxy) is 1. The van der Waals surface area contributed by atoms with Crippen LogP contribution < -0.4 is 5.32 Å². The van der Waals surface area contributed by atoms with Crippen LogP contribution in [0.1, 0.15) is 19.8 Å². The zero-order valence-corrected chi connectivity index (χ0v) is 10.4. The van der Waals surface area contributed by atoms with E-state index in [0.29, 0.717) is 6.54 Å². The van der Waals surface area contributed by atoms with Gasteiger partial charge in [-0.3, -0.25) is 4.90 Å². The van der Waals surface area contributed by atoms with Crippen LogP contribution in [0.2, 0.25) is 0 Å². The quantitative estimate of drug-likeness (QED) is 0.780. The third kappa shape index (κ3) is 6.24. The van der Waals surface area contributed by atoms with E-state index in [1.165, 1.54) is 0 Å². The van der Waals surface area contributed by atoms with Gasteiger partial charge in [-0.05, 0) is 26.8 Å². The van der Waals surface area contributed by atoms with Crippen molar-refractivity contribution in [2.24, 2.45) is 0 Å². The van der Waals surface area contributed by atoms with Gasteiger partial charge in [0.25, 0.3) is 0 Å². The highest BCUT2D eigenvalue weighted by Crippen LogP contribution is 2.14. The number of alkyl halides is 3. The molecule has 2 atom stereocenters. The molecule has 3 nitrogen and oxygen atoms in total. The molecule has 102 valence electrons. The second-order valence-electron chi connectivity index (χ2n) is 4.67. The molecule has 1 heterocycles. The average Bonchev–Trinajstić information content (AvgIpc) is 2.68. The molecule has 1 aliphatic rings. The Bertz CT molecular complexity index is 217. The predicted octanol–water partition coefficient (Wildman–Crippen LogP) is 1.64. The van der Waals surface area contributed by atoms with Crippen molar-refractivity contribution in [1.29, 1.82) is 0 Å². The molecule has 0 radical (unpaired) electrons. The molecule has 0 aliphatic carbocycles. The van der Waals surface area contributed by atoms with Gasteiger partial charge in [-0.15, -0.1) is 0 Å². The van der Waals surface area contributed by atoms with Crippen LogP contribution in [0.25, 0.3) is 0 Å². The van der Waals surface area contributed by atoms with E-state index in [1.54, 1.807) is 0 Å². The molecule has 1 N–H and O–H groups in total. The molecule has 0 amide bonds. The fourth-order valence-electron chi connectivity index (χ4n) is 1.87. The highest BCUT2D eigenvalue weighted by Gasteiger charge is 2.27. The number of rotatable bonds is 6. The third-order valence-electron chi connectivity index (χ3n) is 3.03. The molecule has 0 aromatic carbocycles. The first kappa shape index (κ1) is 14.7. The van der Waals surface area contributed by atoms with Gasteiger partial charge in [0, 0.05) is 25.7 Å². The van der Waals surface area contributed by atoms with Gasteiger partial charge in [0.05, 0.1) is 12.6 Å². The Hall–Kier alpha value is -0.330. The molecular formula is C11H21F3N2O. The van der Waals surface area contributed by atoms with Crippen LogP contribution in [0.4, 0.5) is 13.2 Å². The highest BCUT2D eigenvalue weighted by atomic mass is 19.4. The minimum absolute atomic E-state index is 0.0709. The third-order valence-corrected chi connectivity index (χ3v) is 3.03. The number of likely N-dealkylation sites (N-methyl/N-ethyl adjacent to an activating group) is 1. The van der Waals surface area contributed by atoms with Gasteiger partial charge >= 0.3 is 6.18 Å². The molecule has 17 heavy (non-hydrogen) atoms. The van der Waals surface area contributed by atoms with Gasteiger partial charge in [-0.2, -0.15) is 13.2 Å². The van der Waals surface area contributed by atoms with E-state index < -0.39 is 12.7 Å². The number of hydrogen-bond acceptors (Lipinski definition) is 3. The Morgan fingerprint density at radius 3 is 2.71 bits per heavy atom. The Kier molecular flexibility index (Phi) is 5.69. The van der Waals surface area contributed by atoms with Crippen LogP contribution in [-0.2, 0) is 4.74 Å². The molecule has 0 aromatic rings. The van der Waals surface area contributed by atoms with Gasteiger partial charge in [-0.25, -0.2) is 0 Å².